The van der Waals surface area contributed by atoms with Gasteiger partial charge < -0.3 is 5.11 Å². The molecule has 0 saturated heterocycles. The second kappa shape index (κ2) is 4.97. The molecule has 0 unspecified atom stereocenters. The quantitative estimate of drug-likeness (QED) is 0.727. The van der Waals surface area contributed by atoms with Gasteiger partial charge in [-0.05, 0) is 46.1 Å². The molecular weight excluding hydrogens is 162 g/mol. The van der Waals surface area contributed by atoms with Crippen LogP contribution in [0.5, 0.6) is 0 Å². The fourth-order valence-electron chi connectivity index (χ4n) is 2.43. The molecule has 0 aromatic rings. The van der Waals surface area contributed by atoms with Crippen molar-refractivity contribution < 1.29 is 5.11 Å². The van der Waals surface area contributed by atoms with Crippen LogP contribution in [-0.2, 0) is 0 Å². The lowest BCUT2D eigenvalue weighted by atomic mass is 9.91. The zero-order valence-electron chi connectivity index (χ0n) is 9.16. The Labute approximate surface area is 81.9 Å². The Morgan fingerprint density at radius 2 is 1.77 bits per heavy atom. The summed E-state index contributed by atoms with van der Waals surface area (Å²) >= 11 is 0. The molecule has 0 atom stereocenters. The highest BCUT2D eigenvalue weighted by Gasteiger charge is 2.24. The summed E-state index contributed by atoms with van der Waals surface area (Å²) in [5.74, 6) is 0. The Kier molecular flexibility index (Phi) is 4.20. The van der Waals surface area contributed by atoms with Crippen LogP contribution in [0.4, 0.5) is 0 Å². The van der Waals surface area contributed by atoms with Gasteiger partial charge in [-0.15, -0.1) is 0 Å². The van der Waals surface area contributed by atoms with Crippen molar-refractivity contribution in [3.8, 4) is 0 Å². The molecule has 0 radical (unpaired) electrons. The van der Waals surface area contributed by atoms with E-state index in [1.807, 2.05) is 0 Å². The summed E-state index contributed by atoms with van der Waals surface area (Å²) in [6.45, 7) is 7.88. The largest absolute Gasteiger partial charge is 0.393 e. The van der Waals surface area contributed by atoms with E-state index in [1.54, 1.807) is 0 Å². The van der Waals surface area contributed by atoms with E-state index in [4.69, 9.17) is 0 Å². The normalized spacial score (nSPS) is 30.0. The maximum absolute atomic E-state index is 9.40. The van der Waals surface area contributed by atoms with Crippen LogP contribution in [0, 0.1) is 0 Å². The molecule has 78 valence electrons. The predicted molar refractivity (Wildman–Crippen MR) is 55.8 cm³/mol. The van der Waals surface area contributed by atoms with Crippen molar-refractivity contribution in [2.75, 3.05) is 6.54 Å². The summed E-state index contributed by atoms with van der Waals surface area (Å²) in [5, 5.41) is 9.40. The number of hydrogen-bond donors (Lipinski definition) is 1. The Morgan fingerprint density at radius 3 is 2.15 bits per heavy atom. The molecule has 1 N–H and O–H groups in total. The van der Waals surface area contributed by atoms with E-state index in [9.17, 15) is 5.11 Å². The van der Waals surface area contributed by atoms with Gasteiger partial charge in [-0.2, -0.15) is 0 Å². The number of hydrogen-bond acceptors (Lipinski definition) is 2. The Hall–Kier alpha value is -0.0800. The Bertz CT molecular complexity index is 139. The van der Waals surface area contributed by atoms with Crippen molar-refractivity contribution in [1.82, 2.24) is 4.90 Å². The lowest BCUT2D eigenvalue weighted by molar-refractivity contribution is 0.0623. The van der Waals surface area contributed by atoms with Crippen molar-refractivity contribution in [3.63, 3.8) is 0 Å². The average Bonchev–Trinajstić information content (AvgIpc) is 2.09. The number of aliphatic hydroxyl groups excluding tert-OH is 1. The highest BCUT2D eigenvalue weighted by molar-refractivity contribution is 4.80. The SMILES string of the molecule is CCN(C(C)C)C1CCC(O)CC1. The third-order valence-corrected chi connectivity index (χ3v) is 3.16. The first-order valence-electron chi connectivity index (χ1n) is 5.59. The highest BCUT2D eigenvalue weighted by atomic mass is 16.3. The van der Waals surface area contributed by atoms with Crippen molar-refractivity contribution in [2.45, 2.75) is 64.6 Å². The van der Waals surface area contributed by atoms with Gasteiger partial charge in [-0.3, -0.25) is 4.90 Å². The predicted octanol–water partition coefficient (Wildman–Crippen LogP) is 2.02. The maximum atomic E-state index is 9.40. The lowest BCUT2D eigenvalue weighted by Gasteiger charge is -2.37. The van der Waals surface area contributed by atoms with E-state index in [1.165, 1.54) is 12.8 Å². The first-order valence-corrected chi connectivity index (χ1v) is 5.59. The van der Waals surface area contributed by atoms with Gasteiger partial charge in [0.1, 0.15) is 0 Å². The molecule has 0 bridgehead atoms. The number of nitrogens with zero attached hydrogens (tertiary/aromatic N) is 1. The standard InChI is InChI=1S/C11H23NO/c1-4-12(9(2)3)10-5-7-11(13)8-6-10/h9-11,13H,4-8H2,1-3H3. The van der Waals surface area contributed by atoms with Crippen LogP contribution in [0.2, 0.25) is 0 Å². The van der Waals surface area contributed by atoms with E-state index in [0.717, 1.165) is 19.4 Å². The fourth-order valence-corrected chi connectivity index (χ4v) is 2.43. The van der Waals surface area contributed by atoms with E-state index < -0.39 is 0 Å². The van der Waals surface area contributed by atoms with E-state index in [0.29, 0.717) is 12.1 Å². The minimum Gasteiger partial charge on any atom is -0.393 e. The topological polar surface area (TPSA) is 23.5 Å². The monoisotopic (exact) mass is 185 g/mol. The van der Waals surface area contributed by atoms with Gasteiger partial charge in [0, 0.05) is 12.1 Å². The molecule has 1 rings (SSSR count). The van der Waals surface area contributed by atoms with Crippen LogP contribution in [-0.4, -0.2) is 34.7 Å². The molecule has 1 aliphatic carbocycles. The summed E-state index contributed by atoms with van der Waals surface area (Å²) in [5.41, 5.74) is 0. The minimum absolute atomic E-state index is 0.0258. The van der Waals surface area contributed by atoms with Crippen LogP contribution >= 0.6 is 0 Å². The van der Waals surface area contributed by atoms with Crippen molar-refractivity contribution in [3.05, 3.63) is 0 Å². The fraction of sp³-hybridized carbons (Fsp3) is 1.00. The molecule has 13 heavy (non-hydrogen) atoms. The number of rotatable bonds is 3. The molecule has 0 aliphatic heterocycles. The van der Waals surface area contributed by atoms with Gasteiger partial charge in [0.2, 0.25) is 0 Å². The zero-order valence-corrected chi connectivity index (χ0v) is 9.16. The Balaban J connectivity index is 2.41. The van der Waals surface area contributed by atoms with Gasteiger partial charge in [0.05, 0.1) is 6.10 Å². The van der Waals surface area contributed by atoms with Gasteiger partial charge in [0.25, 0.3) is 0 Å². The minimum atomic E-state index is -0.0258. The summed E-state index contributed by atoms with van der Waals surface area (Å²) in [6, 6.07) is 1.36. The summed E-state index contributed by atoms with van der Waals surface area (Å²) < 4.78 is 0. The number of aliphatic hydroxyl groups is 1. The molecule has 1 fully saturated rings. The molecule has 2 nitrogen and oxygen atoms in total. The van der Waals surface area contributed by atoms with E-state index >= 15 is 0 Å². The van der Waals surface area contributed by atoms with Crippen molar-refractivity contribution in [1.29, 1.82) is 0 Å². The van der Waals surface area contributed by atoms with E-state index in [2.05, 4.69) is 25.7 Å². The third kappa shape index (κ3) is 2.96. The smallest absolute Gasteiger partial charge is 0.0541 e. The van der Waals surface area contributed by atoms with Crippen LogP contribution < -0.4 is 0 Å². The van der Waals surface area contributed by atoms with Gasteiger partial charge in [-0.25, -0.2) is 0 Å². The molecule has 2 heteroatoms. The van der Waals surface area contributed by atoms with Crippen LogP contribution in [0.15, 0.2) is 0 Å². The van der Waals surface area contributed by atoms with Gasteiger partial charge >= 0.3 is 0 Å². The molecule has 0 spiro atoms. The molecular formula is C11H23NO. The summed E-state index contributed by atoms with van der Waals surface area (Å²) in [6.07, 6.45) is 4.31. The third-order valence-electron chi connectivity index (χ3n) is 3.16. The molecule has 0 amide bonds. The summed E-state index contributed by atoms with van der Waals surface area (Å²) in [4.78, 5) is 2.55. The lowest BCUT2D eigenvalue weighted by Crippen LogP contribution is -2.42. The van der Waals surface area contributed by atoms with Crippen molar-refractivity contribution in [2.24, 2.45) is 0 Å². The van der Waals surface area contributed by atoms with Crippen LogP contribution in [0.1, 0.15) is 46.5 Å². The molecule has 1 saturated carbocycles. The van der Waals surface area contributed by atoms with Gasteiger partial charge in [0.15, 0.2) is 0 Å². The summed E-state index contributed by atoms with van der Waals surface area (Å²) in [7, 11) is 0. The zero-order chi connectivity index (χ0) is 9.84. The molecule has 1 aliphatic rings. The first-order chi connectivity index (χ1) is 6.15. The highest BCUT2D eigenvalue weighted by Crippen LogP contribution is 2.24. The average molecular weight is 185 g/mol. The van der Waals surface area contributed by atoms with Gasteiger partial charge in [-0.1, -0.05) is 6.92 Å². The van der Waals surface area contributed by atoms with Crippen LogP contribution in [0.25, 0.3) is 0 Å². The second-order valence-corrected chi connectivity index (χ2v) is 4.39. The molecule has 0 aromatic carbocycles. The molecule has 0 aromatic heterocycles. The van der Waals surface area contributed by atoms with Crippen LogP contribution in [0.3, 0.4) is 0 Å². The first kappa shape index (κ1) is 11.0. The maximum Gasteiger partial charge on any atom is 0.0541 e. The molecule has 0 heterocycles. The Morgan fingerprint density at radius 1 is 1.23 bits per heavy atom. The van der Waals surface area contributed by atoms with E-state index in [-0.39, 0.29) is 6.10 Å². The van der Waals surface area contributed by atoms with Crippen molar-refractivity contribution >= 4 is 0 Å². The second-order valence-electron chi connectivity index (χ2n) is 4.39.